The van der Waals surface area contributed by atoms with E-state index in [-0.39, 0.29) is 5.41 Å². The maximum atomic E-state index is 11.2. The minimum atomic E-state index is -0.656. The van der Waals surface area contributed by atoms with Gasteiger partial charge in [0.25, 0.3) is 0 Å². The molecule has 1 aromatic rings. The fourth-order valence-electron chi connectivity index (χ4n) is 0.890. The third kappa shape index (κ3) is 5.05. The third-order valence-corrected chi connectivity index (χ3v) is 1.57. The lowest BCUT2D eigenvalue weighted by molar-refractivity contribution is 0.0685. The highest BCUT2D eigenvalue weighted by Gasteiger charge is 2.14. The van der Waals surface area contributed by atoms with Crippen molar-refractivity contribution in [1.82, 2.24) is 0 Å². The van der Waals surface area contributed by atoms with E-state index in [9.17, 15) is 4.79 Å². The van der Waals surface area contributed by atoms with E-state index in [1.165, 1.54) is 0 Å². The fourth-order valence-corrected chi connectivity index (χ4v) is 0.890. The summed E-state index contributed by atoms with van der Waals surface area (Å²) in [6.07, 6.45) is -0.656. The van der Waals surface area contributed by atoms with Crippen LogP contribution in [-0.4, -0.2) is 12.8 Å². The molecule has 0 amide bonds. The van der Waals surface area contributed by atoms with Crippen LogP contribution in [0, 0.1) is 5.41 Å². The zero-order valence-corrected chi connectivity index (χ0v) is 9.32. The van der Waals surface area contributed by atoms with Gasteiger partial charge in [-0.1, -0.05) is 39.0 Å². The zero-order valence-electron chi connectivity index (χ0n) is 9.32. The van der Waals surface area contributed by atoms with E-state index >= 15 is 0 Å². The minimum absolute atomic E-state index is 0.0459. The summed E-state index contributed by atoms with van der Waals surface area (Å²) in [6, 6.07) is 8.86. The number of hydrogen-bond acceptors (Lipinski definition) is 3. The van der Waals surface area contributed by atoms with E-state index in [0.717, 1.165) is 0 Å². The van der Waals surface area contributed by atoms with Crippen molar-refractivity contribution in [3.05, 3.63) is 30.3 Å². The summed E-state index contributed by atoms with van der Waals surface area (Å²) in [5, 5.41) is 0. The largest absolute Gasteiger partial charge is 0.513 e. The van der Waals surface area contributed by atoms with Crippen LogP contribution >= 0.6 is 0 Å². The highest BCUT2D eigenvalue weighted by atomic mass is 16.7. The van der Waals surface area contributed by atoms with Crippen LogP contribution in [0.5, 0.6) is 5.75 Å². The number of para-hydroxylation sites is 1. The molecule has 0 saturated heterocycles. The van der Waals surface area contributed by atoms with Crippen molar-refractivity contribution in [3.63, 3.8) is 0 Å². The van der Waals surface area contributed by atoms with Crippen LogP contribution in [0.4, 0.5) is 4.79 Å². The first-order valence-electron chi connectivity index (χ1n) is 4.87. The highest BCUT2D eigenvalue weighted by Crippen LogP contribution is 2.14. The Balaban J connectivity index is 2.38. The molecule has 3 nitrogen and oxygen atoms in total. The number of carbonyl (C=O) groups excluding carboxylic acids is 1. The molecule has 0 atom stereocenters. The van der Waals surface area contributed by atoms with Gasteiger partial charge in [-0.2, -0.15) is 0 Å². The molecule has 15 heavy (non-hydrogen) atoms. The van der Waals surface area contributed by atoms with Gasteiger partial charge in [0.15, 0.2) is 0 Å². The predicted molar refractivity (Wildman–Crippen MR) is 57.9 cm³/mol. The molecule has 0 aliphatic rings. The standard InChI is InChI=1S/C12H16O3/c1-12(2,3)9-14-11(13)15-10-7-5-4-6-8-10/h4-8H,9H2,1-3H3. The van der Waals surface area contributed by atoms with Crippen LogP contribution < -0.4 is 4.74 Å². The van der Waals surface area contributed by atoms with Crippen LogP contribution in [0.15, 0.2) is 30.3 Å². The molecule has 3 heteroatoms. The Bertz CT molecular complexity index is 311. The molecule has 0 bridgehead atoms. The molecule has 82 valence electrons. The van der Waals surface area contributed by atoms with E-state index in [2.05, 4.69) is 0 Å². The average molecular weight is 208 g/mol. The summed E-state index contributed by atoms with van der Waals surface area (Å²) in [6.45, 7) is 6.31. The second-order valence-corrected chi connectivity index (χ2v) is 4.51. The van der Waals surface area contributed by atoms with Crippen molar-refractivity contribution in [3.8, 4) is 5.75 Å². The van der Waals surface area contributed by atoms with Crippen LogP contribution in [0.25, 0.3) is 0 Å². The first kappa shape index (κ1) is 11.6. The van der Waals surface area contributed by atoms with Crippen molar-refractivity contribution >= 4 is 6.16 Å². The van der Waals surface area contributed by atoms with Crippen LogP contribution in [0.1, 0.15) is 20.8 Å². The minimum Gasteiger partial charge on any atom is -0.433 e. The van der Waals surface area contributed by atoms with E-state index in [1.54, 1.807) is 24.3 Å². The van der Waals surface area contributed by atoms with E-state index < -0.39 is 6.16 Å². The van der Waals surface area contributed by atoms with Gasteiger partial charge in [0.1, 0.15) is 5.75 Å². The maximum absolute atomic E-state index is 11.2. The number of rotatable bonds is 2. The number of carbonyl (C=O) groups is 1. The normalized spacial score (nSPS) is 10.9. The second-order valence-electron chi connectivity index (χ2n) is 4.51. The zero-order chi connectivity index (χ0) is 11.3. The quantitative estimate of drug-likeness (QED) is 0.552. The van der Waals surface area contributed by atoms with Crippen LogP contribution in [0.2, 0.25) is 0 Å². The van der Waals surface area contributed by atoms with Gasteiger partial charge in [-0.15, -0.1) is 0 Å². The molecule has 1 aromatic carbocycles. The van der Waals surface area contributed by atoms with Crippen molar-refractivity contribution in [2.24, 2.45) is 5.41 Å². The van der Waals surface area contributed by atoms with Gasteiger partial charge in [-0.25, -0.2) is 4.79 Å². The summed E-state index contributed by atoms with van der Waals surface area (Å²) in [5.74, 6) is 0.497. The Morgan fingerprint density at radius 2 is 1.80 bits per heavy atom. The Labute approximate surface area is 90.0 Å². The van der Waals surface area contributed by atoms with E-state index in [1.807, 2.05) is 26.8 Å². The van der Waals surface area contributed by atoms with Crippen LogP contribution in [0.3, 0.4) is 0 Å². The molecule has 0 unspecified atom stereocenters. The van der Waals surface area contributed by atoms with Gasteiger partial charge in [-0.05, 0) is 17.5 Å². The van der Waals surface area contributed by atoms with E-state index in [4.69, 9.17) is 9.47 Å². The Morgan fingerprint density at radius 3 is 2.33 bits per heavy atom. The fraction of sp³-hybridized carbons (Fsp3) is 0.417. The van der Waals surface area contributed by atoms with Gasteiger partial charge < -0.3 is 9.47 Å². The molecule has 0 N–H and O–H groups in total. The Morgan fingerprint density at radius 1 is 1.20 bits per heavy atom. The SMILES string of the molecule is CC(C)(C)COC(=O)Oc1ccccc1. The smallest absolute Gasteiger partial charge is 0.433 e. The summed E-state index contributed by atoms with van der Waals surface area (Å²) in [5.41, 5.74) is -0.0459. The maximum Gasteiger partial charge on any atom is 0.513 e. The summed E-state index contributed by atoms with van der Waals surface area (Å²) >= 11 is 0. The molecule has 0 aromatic heterocycles. The monoisotopic (exact) mass is 208 g/mol. The van der Waals surface area contributed by atoms with Gasteiger partial charge >= 0.3 is 6.16 Å². The highest BCUT2D eigenvalue weighted by molar-refractivity contribution is 5.63. The molecule has 0 aliphatic heterocycles. The molecule has 0 saturated carbocycles. The molecule has 0 radical (unpaired) electrons. The lowest BCUT2D eigenvalue weighted by Crippen LogP contribution is -2.20. The number of hydrogen-bond donors (Lipinski definition) is 0. The van der Waals surface area contributed by atoms with Crippen molar-refractivity contribution in [2.45, 2.75) is 20.8 Å². The molecular formula is C12H16O3. The van der Waals surface area contributed by atoms with Gasteiger partial charge in [0.2, 0.25) is 0 Å². The van der Waals surface area contributed by atoms with Gasteiger partial charge in [0.05, 0.1) is 6.61 Å². The lowest BCUT2D eigenvalue weighted by atomic mass is 9.99. The Kier molecular flexibility index (Phi) is 3.72. The van der Waals surface area contributed by atoms with Crippen LogP contribution in [-0.2, 0) is 4.74 Å². The first-order chi connectivity index (χ1) is 6.97. The Hall–Kier alpha value is -1.51. The van der Waals surface area contributed by atoms with Crippen molar-refractivity contribution in [2.75, 3.05) is 6.61 Å². The topological polar surface area (TPSA) is 35.5 Å². The lowest BCUT2D eigenvalue weighted by Gasteiger charge is -2.17. The molecule has 0 heterocycles. The van der Waals surface area contributed by atoms with E-state index in [0.29, 0.717) is 12.4 Å². The molecule has 0 aliphatic carbocycles. The summed E-state index contributed by atoms with van der Waals surface area (Å²) in [4.78, 5) is 11.2. The number of benzene rings is 1. The second kappa shape index (κ2) is 4.82. The first-order valence-corrected chi connectivity index (χ1v) is 4.87. The summed E-state index contributed by atoms with van der Waals surface area (Å²) in [7, 11) is 0. The molecule has 0 spiro atoms. The average Bonchev–Trinajstić information content (AvgIpc) is 2.15. The number of ether oxygens (including phenoxy) is 2. The molecular weight excluding hydrogens is 192 g/mol. The van der Waals surface area contributed by atoms with Crippen molar-refractivity contribution < 1.29 is 14.3 Å². The molecule has 0 fully saturated rings. The van der Waals surface area contributed by atoms with Gasteiger partial charge in [0, 0.05) is 0 Å². The third-order valence-electron chi connectivity index (χ3n) is 1.57. The molecule has 1 rings (SSSR count). The van der Waals surface area contributed by atoms with Gasteiger partial charge in [-0.3, -0.25) is 0 Å². The predicted octanol–water partition coefficient (Wildman–Crippen LogP) is 3.25. The van der Waals surface area contributed by atoms with Crippen molar-refractivity contribution in [1.29, 1.82) is 0 Å². The summed E-state index contributed by atoms with van der Waals surface area (Å²) < 4.78 is 9.90.